The molecule has 0 bridgehead atoms. The molecule has 0 aliphatic heterocycles. The number of hydrogen-bond donors (Lipinski definition) is 2. The van der Waals surface area contributed by atoms with Crippen LogP contribution in [0.3, 0.4) is 0 Å². The molecule has 0 radical (unpaired) electrons. The first-order chi connectivity index (χ1) is 8.82. The third-order valence-corrected chi connectivity index (χ3v) is 3.01. The molecule has 2 aromatic rings. The van der Waals surface area contributed by atoms with E-state index < -0.39 is 17.5 Å². The minimum atomic E-state index is -1.48. The molecule has 19 heavy (non-hydrogen) atoms. The van der Waals surface area contributed by atoms with Crippen LogP contribution in [0.1, 0.15) is 5.56 Å². The Bertz CT molecular complexity index is 558. The lowest BCUT2D eigenvalue weighted by molar-refractivity contribution is 0.435. The Balaban J connectivity index is 0.000000191. The molecular weight excluding hydrogens is 296 g/mol. The summed E-state index contributed by atoms with van der Waals surface area (Å²) in [5.74, 6) is -4.16. The smallest absolute Gasteiger partial charge is 0.195 e. The number of thiol groups is 2. The Labute approximate surface area is 119 Å². The monoisotopic (exact) mass is 306 g/mol. The van der Waals surface area contributed by atoms with Crippen LogP contribution in [0.2, 0.25) is 0 Å². The molecule has 0 spiro atoms. The van der Waals surface area contributed by atoms with Gasteiger partial charge in [-0.15, -0.1) is 25.3 Å². The number of hydrogen-bond acceptors (Lipinski definition) is 2. The summed E-state index contributed by atoms with van der Waals surface area (Å²) in [6, 6.07) is 6.41. The second-order valence-electron chi connectivity index (χ2n) is 3.63. The second-order valence-corrected chi connectivity index (χ2v) is 4.59. The standard InChI is InChI=1S/C7H7FS.C6H3F3S/c1-5-2-3-6(8)4-7(5)9;7-3-1-2-4(10)6(9)5(3)8/h2-4,9H,1H3;1-2,10H. The predicted octanol–water partition coefficient (Wildman–Crippen LogP) is 4.82. The maximum atomic E-state index is 12.3. The van der Waals surface area contributed by atoms with Gasteiger partial charge in [-0.25, -0.2) is 17.6 Å². The van der Waals surface area contributed by atoms with E-state index in [1.165, 1.54) is 12.1 Å². The molecule has 2 aromatic carbocycles. The lowest BCUT2D eigenvalue weighted by Crippen LogP contribution is -1.90. The molecule has 0 nitrogen and oxygen atoms in total. The van der Waals surface area contributed by atoms with Gasteiger partial charge in [0.2, 0.25) is 0 Å². The Morgan fingerprint density at radius 2 is 1.42 bits per heavy atom. The van der Waals surface area contributed by atoms with Gasteiger partial charge in [0.25, 0.3) is 0 Å². The van der Waals surface area contributed by atoms with Gasteiger partial charge in [0.15, 0.2) is 17.5 Å². The van der Waals surface area contributed by atoms with Gasteiger partial charge in [0.1, 0.15) is 5.82 Å². The maximum Gasteiger partial charge on any atom is 0.195 e. The van der Waals surface area contributed by atoms with Crippen molar-refractivity contribution in [1.82, 2.24) is 0 Å². The third-order valence-electron chi connectivity index (χ3n) is 2.19. The van der Waals surface area contributed by atoms with Gasteiger partial charge in [-0.1, -0.05) is 6.07 Å². The van der Waals surface area contributed by atoms with E-state index in [1.54, 1.807) is 6.07 Å². The van der Waals surface area contributed by atoms with Crippen LogP contribution in [0, 0.1) is 30.2 Å². The van der Waals surface area contributed by atoms with Crippen LogP contribution in [0.25, 0.3) is 0 Å². The van der Waals surface area contributed by atoms with Gasteiger partial charge in [-0.3, -0.25) is 0 Å². The van der Waals surface area contributed by atoms with Crippen LogP contribution < -0.4 is 0 Å². The lowest BCUT2D eigenvalue weighted by atomic mass is 10.2. The molecule has 102 valence electrons. The zero-order valence-corrected chi connectivity index (χ0v) is 11.6. The van der Waals surface area contributed by atoms with Crippen molar-refractivity contribution >= 4 is 25.3 Å². The van der Waals surface area contributed by atoms with Crippen LogP contribution in [-0.4, -0.2) is 0 Å². The largest absolute Gasteiger partial charge is 0.207 e. The number of benzene rings is 2. The zero-order chi connectivity index (χ0) is 14.6. The first-order valence-electron chi connectivity index (χ1n) is 5.10. The van der Waals surface area contributed by atoms with Crippen LogP contribution in [0.4, 0.5) is 17.6 Å². The summed E-state index contributed by atoms with van der Waals surface area (Å²) in [5, 5.41) is 0. The fourth-order valence-corrected chi connectivity index (χ4v) is 1.47. The van der Waals surface area contributed by atoms with Crippen LogP contribution >= 0.6 is 25.3 Å². The van der Waals surface area contributed by atoms with Gasteiger partial charge in [0.05, 0.1) is 0 Å². The van der Waals surface area contributed by atoms with Crippen molar-refractivity contribution in [2.75, 3.05) is 0 Å². The SMILES string of the molecule is Cc1ccc(F)cc1S.Fc1ccc(S)c(F)c1F. The van der Waals surface area contributed by atoms with E-state index in [0.29, 0.717) is 4.90 Å². The summed E-state index contributed by atoms with van der Waals surface area (Å²) < 4.78 is 48.9. The van der Waals surface area contributed by atoms with Crippen molar-refractivity contribution in [3.05, 3.63) is 59.2 Å². The average Bonchev–Trinajstić information content (AvgIpc) is 2.37. The van der Waals surface area contributed by atoms with E-state index in [1.807, 2.05) is 6.92 Å². The molecular formula is C13H10F4S2. The second kappa shape index (κ2) is 6.86. The summed E-state index contributed by atoms with van der Waals surface area (Å²) in [7, 11) is 0. The fraction of sp³-hybridized carbons (Fsp3) is 0.0769. The predicted molar refractivity (Wildman–Crippen MR) is 72.0 cm³/mol. The van der Waals surface area contributed by atoms with Gasteiger partial charge < -0.3 is 0 Å². The Morgan fingerprint density at radius 3 is 1.89 bits per heavy atom. The van der Waals surface area contributed by atoms with E-state index in [-0.39, 0.29) is 10.7 Å². The molecule has 0 unspecified atom stereocenters. The van der Waals surface area contributed by atoms with E-state index in [4.69, 9.17) is 0 Å². The van der Waals surface area contributed by atoms with Crippen molar-refractivity contribution in [3.8, 4) is 0 Å². The number of rotatable bonds is 0. The van der Waals surface area contributed by atoms with Crippen molar-refractivity contribution in [2.45, 2.75) is 16.7 Å². The molecule has 0 saturated carbocycles. The average molecular weight is 306 g/mol. The first kappa shape index (κ1) is 15.9. The van der Waals surface area contributed by atoms with Crippen molar-refractivity contribution in [3.63, 3.8) is 0 Å². The molecule has 0 saturated heterocycles. The van der Waals surface area contributed by atoms with Crippen LogP contribution in [0.5, 0.6) is 0 Å². The number of aryl methyl sites for hydroxylation is 1. The number of halogens is 4. The minimum absolute atomic E-state index is 0.195. The van der Waals surface area contributed by atoms with Gasteiger partial charge in [-0.05, 0) is 36.8 Å². The van der Waals surface area contributed by atoms with Crippen LogP contribution in [-0.2, 0) is 0 Å². The molecule has 6 heteroatoms. The van der Waals surface area contributed by atoms with Gasteiger partial charge in [0, 0.05) is 9.79 Å². The quantitative estimate of drug-likeness (QED) is 0.389. The Kier molecular flexibility index (Phi) is 5.75. The Morgan fingerprint density at radius 1 is 0.789 bits per heavy atom. The van der Waals surface area contributed by atoms with E-state index in [2.05, 4.69) is 25.3 Å². The molecule has 0 N–H and O–H groups in total. The van der Waals surface area contributed by atoms with Crippen molar-refractivity contribution in [2.24, 2.45) is 0 Å². The molecule has 0 aliphatic rings. The molecule has 0 heterocycles. The van der Waals surface area contributed by atoms with Crippen molar-refractivity contribution in [1.29, 1.82) is 0 Å². The Hall–Kier alpha value is -1.14. The summed E-state index contributed by atoms with van der Waals surface area (Å²) in [6.45, 7) is 1.89. The molecule has 0 atom stereocenters. The molecule has 0 fully saturated rings. The summed E-state index contributed by atoms with van der Waals surface area (Å²) in [6.07, 6.45) is 0. The summed E-state index contributed by atoms with van der Waals surface area (Å²) in [5.41, 5.74) is 1.000. The van der Waals surface area contributed by atoms with Gasteiger partial charge in [-0.2, -0.15) is 0 Å². The highest BCUT2D eigenvalue weighted by molar-refractivity contribution is 7.80. The molecule has 0 aliphatic carbocycles. The fourth-order valence-electron chi connectivity index (χ4n) is 1.10. The highest BCUT2D eigenvalue weighted by Gasteiger charge is 2.09. The normalized spacial score (nSPS) is 9.84. The first-order valence-corrected chi connectivity index (χ1v) is 6.00. The highest BCUT2D eigenvalue weighted by atomic mass is 32.1. The topological polar surface area (TPSA) is 0 Å². The lowest BCUT2D eigenvalue weighted by Gasteiger charge is -1.95. The van der Waals surface area contributed by atoms with Gasteiger partial charge >= 0.3 is 0 Å². The van der Waals surface area contributed by atoms with E-state index in [0.717, 1.165) is 17.7 Å². The zero-order valence-electron chi connectivity index (χ0n) is 9.79. The summed E-state index contributed by atoms with van der Waals surface area (Å²) in [4.78, 5) is 0.508. The van der Waals surface area contributed by atoms with Crippen LogP contribution in [0.15, 0.2) is 40.1 Å². The molecule has 0 aromatic heterocycles. The molecule has 0 amide bonds. The van der Waals surface area contributed by atoms with Crippen molar-refractivity contribution < 1.29 is 17.6 Å². The summed E-state index contributed by atoms with van der Waals surface area (Å²) >= 11 is 7.56. The maximum absolute atomic E-state index is 12.3. The van der Waals surface area contributed by atoms with E-state index >= 15 is 0 Å². The van der Waals surface area contributed by atoms with E-state index in [9.17, 15) is 17.6 Å². The highest BCUT2D eigenvalue weighted by Crippen LogP contribution is 2.17. The minimum Gasteiger partial charge on any atom is -0.207 e. The third kappa shape index (κ3) is 4.47. The molecule has 2 rings (SSSR count).